The Hall–Kier alpha value is -0.870. The van der Waals surface area contributed by atoms with Crippen LogP contribution in [0.1, 0.15) is 39.1 Å². The fourth-order valence-corrected chi connectivity index (χ4v) is 2.15. The van der Waals surface area contributed by atoms with E-state index in [0.717, 1.165) is 26.1 Å². The Labute approximate surface area is 110 Å². The smallest absolute Gasteiger partial charge is 0.0925 e. The minimum absolute atomic E-state index is 0.377. The average molecular weight is 250 g/mol. The molecule has 0 fully saturated rings. The summed E-state index contributed by atoms with van der Waals surface area (Å²) in [6.45, 7) is 12.2. The maximum absolute atomic E-state index is 4.37. The van der Waals surface area contributed by atoms with E-state index < -0.39 is 0 Å². The van der Waals surface area contributed by atoms with Crippen LogP contribution in [0.2, 0.25) is 0 Å². The summed E-state index contributed by atoms with van der Waals surface area (Å²) in [6.07, 6.45) is 2.82. The molecule has 0 bridgehead atoms. The quantitative estimate of drug-likeness (QED) is 0.762. The first-order chi connectivity index (χ1) is 8.47. The summed E-state index contributed by atoms with van der Waals surface area (Å²) in [6, 6.07) is 0.507. The van der Waals surface area contributed by atoms with Gasteiger partial charge in [-0.2, -0.15) is 0 Å². The van der Waals surface area contributed by atoms with E-state index in [2.05, 4.69) is 48.3 Å². The van der Waals surface area contributed by atoms with Crippen LogP contribution in [-0.2, 0) is 13.0 Å². The molecule has 0 radical (unpaired) electrons. The van der Waals surface area contributed by atoms with Crippen LogP contribution in [0.15, 0.2) is 6.33 Å². The molecule has 102 valence electrons. The van der Waals surface area contributed by atoms with Gasteiger partial charge in [-0.1, -0.05) is 27.7 Å². The van der Waals surface area contributed by atoms with Gasteiger partial charge in [0.25, 0.3) is 0 Å². The molecular weight excluding hydrogens is 224 g/mol. The summed E-state index contributed by atoms with van der Waals surface area (Å²) in [5.41, 5.74) is 2.85. The second kappa shape index (κ2) is 5.41. The predicted octanol–water partition coefficient (Wildman–Crippen LogP) is 1.70. The number of hydrogen-bond donors (Lipinski definition) is 3. The first kappa shape index (κ1) is 13.6. The van der Waals surface area contributed by atoms with E-state index in [1.165, 1.54) is 11.4 Å². The monoisotopic (exact) mass is 250 g/mol. The Morgan fingerprint density at radius 2 is 2.28 bits per heavy atom. The summed E-state index contributed by atoms with van der Waals surface area (Å²) in [4.78, 5) is 7.54. The van der Waals surface area contributed by atoms with E-state index in [0.29, 0.717) is 17.4 Å². The van der Waals surface area contributed by atoms with Crippen molar-refractivity contribution >= 4 is 0 Å². The Bertz CT molecular complexity index is 377. The molecule has 2 rings (SSSR count). The number of H-pyrrole nitrogens is 1. The van der Waals surface area contributed by atoms with Crippen LogP contribution >= 0.6 is 0 Å². The van der Waals surface area contributed by atoms with Gasteiger partial charge in [-0.25, -0.2) is 4.98 Å². The van der Waals surface area contributed by atoms with Gasteiger partial charge in [-0.15, -0.1) is 0 Å². The first-order valence-corrected chi connectivity index (χ1v) is 6.92. The number of aromatic nitrogens is 2. The molecule has 0 saturated heterocycles. The molecule has 0 aromatic carbocycles. The SMILES string of the molecule is CC(CNCC1Cc2nc[nH]c2CN1)C(C)(C)C. The van der Waals surface area contributed by atoms with Gasteiger partial charge in [0.15, 0.2) is 0 Å². The van der Waals surface area contributed by atoms with Gasteiger partial charge in [0.05, 0.1) is 17.7 Å². The van der Waals surface area contributed by atoms with Crippen LogP contribution in [0.25, 0.3) is 0 Å². The van der Waals surface area contributed by atoms with Crippen LogP contribution in [0, 0.1) is 11.3 Å². The molecule has 0 spiro atoms. The van der Waals surface area contributed by atoms with E-state index in [1.807, 2.05) is 0 Å². The molecule has 1 aromatic heterocycles. The van der Waals surface area contributed by atoms with Crippen molar-refractivity contribution in [1.82, 2.24) is 20.6 Å². The van der Waals surface area contributed by atoms with E-state index in [1.54, 1.807) is 6.33 Å². The fourth-order valence-electron chi connectivity index (χ4n) is 2.15. The van der Waals surface area contributed by atoms with Crippen molar-refractivity contribution in [1.29, 1.82) is 0 Å². The van der Waals surface area contributed by atoms with E-state index in [-0.39, 0.29) is 0 Å². The number of hydrogen-bond acceptors (Lipinski definition) is 3. The molecule has 2 heterocycles. The van der Waals surface area contributed by atoms with Crippen molar-refractivity contribution in [2.45, 2.75) is 46.7 Å². The highest BCUT2D eigenvalue weighted by atomic mass is 15.0. The van der Waals surface area contributed by atoms with Crippen molar-refractivity contribution in [3.05, 3.63) is 17.7 Å². The molecule has 1 aromatic rings. The normalized spacial score (nSPS) is 21.7. The van der Waals surface area contributed by atoms with Crippen LogP contribution in [0.3, 0.4) is 0 Å². The molecule has 0 amide bonds. The Balaban J connectivity index is 1.73. The van der Waals surface area contributed by atoms with Gasteiger partial charge in [0.1, 0.15) is 0 Å². The zero-order chi connectivity index (χ0) is 13.2. The number of aromatic amines is 1. The fraction of sp³-hybridized carbons (Fsp3) is 0.786. The lowest BCUT2D eigenvalue weighted by Gasteiger charge is -2.29. The van der Waals surface area contributed by atoms with Crippen molar-refractivity contribution in [3.8, 4) is 0 Å². The number of nitrogens with zero attached hydrogens (tertiary/aromatic N) is 1. The highest BCUT2D eigenvalue weighted by Crippen LogP contribution is 2.24. The van der Waals surface area contributed by atoms with Gasteiger partial charge in [-0.3, -0.25) is 0 Å². The molecule has 0 saturated carbocycles. The topological polar surface area (TPSA) is 52.7 Å². The zero-order valence-electron chi connectivity index (χ0n) is 12.0. The van der Waals surface area contributed by atoms with Crippen molar-refractivity contribution in [3.63, 3.8) is 0 Å². The van der Waals surface area contributed by atoms with Crippen LogP contribution in [-0.4, -0.2) is 29.1 Å². The number of rotatable bonds is 4. The second-order valence-electron chi connectivity index (χ2n) is 6.54. The Kier molecular flexibility index (Phi) is 4.07. The molecular formula is C14H26N4. The Morgan fingerprint density at radius 3 is 3.00 bits per heavy atom. The van der Waals surface area contributed by atoms with E-state index in [9.17, 15) is 0 Å². The minimum atomic E-state index is 0.377. The van der Waals surface area contributed by atoms with Gasteiger partial charge >= 0.3 is 0 Å². The van der Waals surface area contributed by atoms with Crippen LogP contribution in [0.5, 0.6) is 0 Å². The molecule has 4 nitrogen and oxygen atoms in total. The van der Waals surface area contributed by atoms with E-state index in [4.69, 9.17) is 0 Å². The summed E-state index contributed by atoms with van der Waals surface area (Å²) in [5.74, 6) is 0.682. The maximum atomic E-state index is 4.37. The average Bonchev–Trinajstić information content (AvgIpc) is 2.74. The van der Waals surface area contributed by atoms with Gasteiger partial charge in [0.2, 0.25) is 0 Å². The summed E-state index contributed by atoms with van der Waals surface area (Å²) < 4.78 is 0. The summed E-state index contributed by atoms with van der Waals surface area (Å²) in [7, 11) is 0. The second-order valence-corrected chi connectivity index (χ2v) is 6.54. The molecule has 0 aliphatic carbocycles. The highest BCUT2D eigenvalue weighted by molar-refractivity contribution is 5.15. The standard InChI is InChI=1S/C14H26N4/c1-10(14(2,3)4)6-15-7-11-5-12-13(8-16-11)18-9-17-12/h9-11,15-16H,5-8H2,1-4H3,(H,17,18). The molecule has 18 heavy (non-hydrogen) atoms. The minimum Gasteiger partial charge on any atom is -0.347 e. The summed E-state index contributed by atoms with van der Waals surface area (Å²) in [5, 5.41) is 7.12. The lowest BCUT2D eigenvalue weighted by molar-refractivity contribution is 0.249. The largest absolute Gasteiger partial charge is 0.347 e. The third-order valence-electron chi connectivity index (χ3n) is 4.13. The number of nitrogens with one attached hydrogen (secondary N) is 3. The lowest BCUT2D eigenvalue weighted by Crippen LogP contribution is -2.44. The predicted molar refractivity (Wildman–Crippen MR) is 74.4 cm³/mol. The first-order valence-electron chi connectivity index (χ1n) is 6.92. The number of imidazole rings is 1. The third kappa shape index (κ3) is 3.33. The van der Waals surface area contributed by atoms with Gasteiger partial charge in [-0.05, 0) is 17.9 Å². The molecule has 4 heteroatoms. The molecule has 2 unspecified atom stereocenters. The Morgan fingerprint density at radius 1 is 1.50 bits per heavy atom. The molecule has 1 aliphatic rings. The number of fused-ring (bicyclic) bond motifs is 1. The van der Waals surface area contributed by atoms with Crippen molar-refractivity contribution in [2.24, 2.45) is 11.3 Å². The highest BCUT2D eigenvalue weighted by Gasteiger charge is 2.22. The lowest BCUT2D eigenvalue weighted by atomic mass is 9.82. The zero-order valence-corrected chi connectivity index (χ0v) is 12.0. The molecule has 3 N–H and O–H groups in total. The summed E-state index contributed by atoms with van der Waals surface area (Å²) >= 11 is 0. The van der Waals surface area contributed by atoms with Crippen LogP contribution < -0.4 is 10.6 Å². The van der Waals surface area contributed by atoms with Crippen molar-refractivity contribution < 1.29 is 0 Å². The van der Waals surface area contributed by atoms with Gasteiger partial charge < -0.3 is 15.6 Å². The maximum Gasteiger partial charge on any atom is 0.0925 e. The third-order valence-corrected chi connectivity index (χ3v) is 4.13. The van der Waals surface area contributed by atoms with Gasteiger partial charge in [0, 0.05) is 25.6 Å². The van der Waals surface area contributed by atoms with Crippen molar-refractivity contribution in [2.75, 3.05) is 13.1 Å². The van der Waals surface area contributed by atoms with Crippen LogP contribution in [0.4, 0.5) is 0 Å². The molecule has 2 atom stereocenters. The van der Waals surface area contributed by atoms with E-state index >= 15 is 0 Å². The molecule has 1 aliphatic heterocycles.